The van der Waals surface area contributed by atoms with Crippen LogP contribution in [-0.2, 0) is 6.54 Å². The van der Waals surface area contributed by atoms with E-state index in [0.29, 0.717) is 18.9 Å². The van der Waals surface area contributed by atoms with E-state index in [9.17, 15) is 4.79 Å². The highest BCUT2D eigenvalue weighted by Crippen LogP contribution is 2.12. The molecule has 1 unspecified atom stereocenters. The highest BCUT2D eigenvalue weighted by Gasteiger charge is 2.14. The molecule has 1 heterocycles. The Hall–Kier alpha value is -1.14. The van der Waals surface area contributed by atoms with E-state index < -0.39 is 0 Å². The van der Waals surface area contributed by atoms with Gasteiger partial charge < -0.3 is 11.5 Å². The lowest BCUT2D eigenvalue weighted by Crippen LogP contribution is -2.23. The molecule has 0 amide bonds. The van der Waals surface area contributed by atoms with Gasteiger partial charge in [-0.1, -0.05) is 13.3 Å². The zero-order valence-electron chi connectivity index (χ0n) is 9.78. The number of hydrogen-bond acceptors (Lipinski definition) is 4. The molecule has 5 N–H and O–H groups in total. The Bertz CT molecular complexity index is 356. The molecule has 6 nitrogen and oxygen atoms in total. The summed E-state index contributed by atoms with van der Waals surface area (Å²) < 4.78 is 1.62. The molecule has 92 valence electrons. The van der Waals surface area contributed by atoms with Crippen molar-refractivity contribution in [2.24, 2.45) is 11.5 Å². The van der Waals surface area contributed by atoms with Crippen molar-refractivity contribution in [2.45, 2.75) is 45.2 Å². The summed E-state index contributed by atoms with van der Waals surface area (Å²) in [6.45, 7) is 3.35. The lowest BCUT2D eigenvalue weighted by molar-refractivity contribution is 0.520. The third-order valence-corrected chi connectivity index (χ3v) is 2.54. The average molecular weight is 227 g/mol. The summed E-state index contributed by atoms with van der Waals surface area (Å²) in [7, 11) is 0. The summed E-state index contributed by atoms with van der Waals surface area (Å²) in [5.74, 6) is 0.656. The van der Waals surface area contributed by atoms with Gasteiger partial charge in [0.1, 0.15) is 5.82 Å². The van der Waals surface area contributed by atoms with Crippen LogP contribution < -0.4 is 17.2 Å². The van der Waals surface area contributed by atoms with Crippen LogP contribution in [0.4, 0.5) is 0 Å². The first kappa shape index (κ1) is 12.9. The highest BCUT2D eigenvalue weighted by molar-refractivity contribution is 4.93. The number of nitrogens with zero attached hydrogens (tertiary/aromatic N) is 2. The fourth-order valence-corrected chi connectivity index (χ4v) is 1.69. The highest BCUT2D eigenvalue weighted by atomic mass is 16.1. The van der Waals surface area contributed by atoms with Gasteiger partial charge in [-0.2, -0.15) is 5.10 Å². The largest absolute Gasteiger partial charge is 0.343 e. The van der Waals surface area contributed by atoms with Crippen molar-refractivity contribution in [2.75, 3.05) is 6.54 Å². The van der Waals surface area contributed by atoms with E-state index >= 15 is 0 Å². The molecule has 0 aromatic carbocycles. The fraction of sp³-hybridized carbons (Fsp3) is 0.800. The molecule has 0 radical (unpaired) electrons. The number of aromatic nitrogens is 3. The van der Waals surface area contributed by atoms with Crippen LogP contribution in [0, 0.1) is 0 Å². The topological polar surface area (TPSA) is 103 Å². The van der Waals surface area contributed by atoms with Crippen LogP contribution in [-0.4, -0.2) is 21.3 Å². The molecule has 0 fully saturated rings. The van der Waals surface area contributed by atoms with Crippen LogP contribution in [0.15, 0.2) is 4.79 Å². The van der Waals surface area contributed by atoms with Crippen molar-refractivity contribution >= 4 is 0 Å². The Morgan fingerprint density at radius 3 is 2.88 bits per heavy atom. The molecule has 0 bridgehead atoms. The summed E-state index contributed by atoms with van der Waals surface area (Å²) in [6, 6.07) is -0.183. The van der Waals surface area contributed by atoms with E-state index in [-0.39, 0.29) is 11.7 Å². The summed E-state index contributed by atoms with van der Waals surface area (Å²) in [5.41, 5.74) is 11.2. The molecule has 0 spiro atoms. The van der Waals surface area contributed by atoms with Crippen molar-refractivity contribution in [1.82, 2.24) is 14.8 Å². The van der Waals surface area contributed by atoms with Crippen molar-refractivity contribution < 1.29 is 0 Å². The van der Waals surface area contributed by atoms with Gasteiger partial charge in [0.2, 0.25) is 0 Å². The number of hydrogen-bond donors (Lipinski definition) is 3. The number of H-pyrrole nitrogens is 1. The van der Waals surface area contributed by atoms with Gasteiger partial charge in [-0.25, -0.2) is 9.89 Å². The van der Waals surface area contributed by atoms with Gasteiger partial charge in [-0.05, 0) is 25.8 Å². The molecule has 1 aromatic rings. The minimum Gasteiger partial charge on any atom is -0.330 e. The van der Waals surface area contributed by atoms with E-state index in [2.05, 4.69) is 10.2 Å². The second-order valence-corrected chi connectivity index (χ2v) is 3.93. The third-order valence-electron chi connectivity index (χ3n) is 2.54. The zero-order chi connectivity index (χ0) is 12.0. The second kappa shape index (κ2) is 6.44. The molecule has 16 heavy (non-hydrogen) atoms. The molecule has 6 heteroatoms. The smallest absolute Gasteiger partial charge is 0.330 e. The van der Waals surface area contributed by atoms with Gasteiger partial charge in [-0.15, -0.1) is 0 Å². The van der Waals surface area contributed by atoms with Crippen LogP contribution in [0.3, 0.4) is 0 Å². The third kappa shape index (κ3) is 3.18. The van der Waals surface area contributed by atoms with Crippen molar-refractivity contribution in [3.05, 3.63) is 16.3 Å². The van der Waals surface area contributed by atoms with Gasteiger partial charge in [-0.3, -0.25) is 4.57 Å². The van der Waals surface area contributed by atoms with Gasteiger partial charge >= 0.3 is 5.69 Å². The first-order valence-electron chi connectivity index (χ1n) is 5.81. The Balaban J connectivity index is 2.67. The van der Waals surface area contributed by atoms with Crippen LogP contribution in [0.2, 0.25) is 0 Å². The lowest BCUT2D eigenvalue weighted by Gasteiger charge is -2.11. The van der Waals surface area contributed by atoms with E-state index in [0.717, 1.165) is 25.7 Å². The number of nitrogens with one attached hydrogen (secondary N) is 1. The minimum absolute atomic E-state index is 0.175. The lowest BCUT2D eigenvalue weighted by atomic mass is 10.1. The number of aromatic amines is 1. The monoisotopic (exact) mass is 227 g/mol. The van der Waals surface area contributed by atoms with Crippen molar-refractivity contribution in [1.29, 1.82) is 0 Å². The molecule has 0 saturated heterocycles. The summed E-state index contributed by atoms with van der Waals surface area (Å²) in [5, 5.41) is 6.43. The number of rotatable bonds is 7. The molecule has 1 rings (SSSR count). The summed E-state index contributed by atoms with van der Waals surface area (Å²) in [6.07, 6.45) is 3.62. The Kier molecular flexibility index (Phi) is 5.21. The van der Waals surface area contributed by atoms with Gasteiger partial charge in [0, 0.05) is 6.54 Å². The van der Waals surface area contributed by atoms with Crippen LogP contribution in [0.1, 0.15) is 44.5 Å². The Morgan fingerprint density at radius 1 is 1.50 bits per heavy atom. The zero-order valence-corrected chi connectivity index (χ0v) is 9.78. The van der Waals surface area contributed by atoms with Crippen LogP contribution in [0.25, 0.3) is 0 Å². The van der Waals surface area contributed by atoms with Gasteiger partial charge in [0.05, 0.1) is 6.04 Å². The standard InChI is InChI=1S/C10H21N5O/c1-2-7-15-9(13-14-10(15)16)8(12)5-3-4-6-11/h8H,2-7,11-12H2,1H3,(H,14,16). The molecular weight excluding hydrogens is 206 g/mol. The van der Waals surface area contributed by atoms with Crippen LogP contribution >= 0.6 is 0 Å². The average Bonchev–Trinajstić information content (AvgIpc) is 2.62. The molecule has 0 aliphatic carbocycles. The van der Waals surface area contributed by atoms with Crippen LogP contribution in [0.5, 0.6) is 0 Å². The fourth-order valence-electron chi connectivity index (χ4n) is 1.69. The molecule has 0 aliphatic heterocycles. The molecule has 1 atom stereocenters. The van der Waals surface area contributed by atoms with E-state index in [4.69, 9.17) is 11.5 Å². The predicted molar refractivity (Wildman–Crippen MR) is 63.0 cm³/mol. The molecule has 0 saturated carbocycles. The SMILES string of the molecule is CCCn1c(C(N)CCCCN)n[nH]c1=O. The first-order valence-corrected chi connectivity index (χ1v) is 5.81. The number of nitrogens with two attached hydrogens (primary N) is 2. The maximum atomic E-state index is 11.4. The maximum Gasteiger partial charge on any atom is 0.343 e. The Labute approximate surface area is 95.0 Å². The Morgan fingerprint density at radius 2 is 2.25 bits per heavy atom. The van der Waals surface area contributed by atoms with E-state index in [1.807, 2.05) is 6.92 Å². The van der Waals surface area contributed by atoms with Gasteiger partial charge in [0.25, 0.3) is 0 Å². The maximum absolute atomic E-state index is 11.4. The molecule has 1 aromatic heterocycles. The minimum atomic E-state index is -0.183. The number of unbranched alkanes of at least 4 members (excludes halogenated alkanes) is 1. The van der Waals surface area contributed by atoms with Gasteiger partial charge in [0.15, 0.2) is 0 Å². The summed E-state index contributed by atoms with van der Waals surface area (Å²) >= 11 is 0. The van der Waals surface area contributed by atoms with Crippen molar-refractivity contribution in [3.8, 4) is 0 Å². The quantitative estimate of drug-likeness (QED) is 0.575. The van der Waals surface area contributed by atoms with E-state index in [1.54, 1.807) is 4.57 Å². The second-order valence-electron chi connectivity index (χ2n) is 3.93. The molecule has 0 aliphatic rings. The van der Waals surface area contributed by atoms with Crippen molar-refractivity contribution in [3.63, 3.8) is 0 Å². The molecular formula is C10H21N5O. The van der Waals surface area contributed by atoms with E-state index in [1.165, 1.54) is 0 Å². The predicted octanol–water partition coefficient (Wildman–Crippen LogP) is 0.110. The first-order chi connectivity index (χ1) is 7.70. The normalized spacial score (nSPS) is 12.9. The summed E-state index contributed by atoms with van der Waals surface area (Å²) in [4.78, 5) is 11.4.